The average molecular weight is 271 g/mol. The Labute approximate surface area is 118 Å². The molecule has 2 nitrogen and oxygen atoms in total. The third kappa shape index (κ3) is 4.14. The predicted molar refractivity (Wildman–Crippen MR) is 81.6 cm³/mol. The summed E-state index contributed by atoms with van der Waals surface area (Å²) in [5, 5.41) is 2.79. The van der Waals surface area contributed by atoms with Gasteiger partial charge in [-0.3, -0.25) is 4.79 Å². The summed E-state index contributed by atoms with van der Waals surface area (Å²) < 4.78 is 0. The second-order valence-corrected chi connectivity index (χ2v) is 5.84. The van der Waals surface area contributed by atoms with Crippen molar-refractivity contribution in [2.45, 2.75) is 24.0 Å². The van der Waals surface area contributed by atoms with Crippen LogP contribution >= 0.6 is 11.8 Å². The molecule has 2 aromatic rings. The lowest BCUT2D eigenvalue weighted by Crippen LogP contribution is -2.22. The minimum atomic E-state index is -0.122. The van der Waals surface area contributed by atoms with E-state index in [2.05, 4.69) is 24.4 Å². The van der Waals surface area contributed by atoms with Gasteiger partial charge >= 0.3 is 0 Å². The maximum Gasteiger partial charge on any atom is 0.237 e. The number of aryl methyl sites for hydroxylation is 1. The number of hydrogen-bond donors (Lipinski definition) is 1. The Morgan fingerprint density at radius 2 is 1.68 bits per heavy atom. The van der Waals surface area contributed by atoms with Crippen molar-refractivity contribution in [1.82, 2.24) is 0 Å². The SMILES string of the molecule is Cc1ccc(S[C@H](C)C(=O)Nc2ccccc2)cc1. The number of thioether (sulfide) groups is 1. The van der Waals surface area contributed by atoms with Gasteiger partial charge in [0, 0.05) is 10.6 Å². The minimum Gasteiger partial charge on any atom is -0.325 e. The first-order valence-corrected chi connectivity index (χ1v) is 7.12. The van der Waals surface area contributed by atoms with E-state index in [0.29, 0.717) is 0 Å². The fourth-order valence-electron chi connectivity index (χ4n) is 1.64. The summed E-state index contributed by atoms with van der Waals surface area (Å²) in [6.07, 6.45) is 0. The summed E-state index contributed by atoms with van der Waals surface area (Å²) in [4.78, 5) is 13.2. The van der Waals surface area contributed by atoms with Gasteiger partial charge < -0.3 is 5.32 Å². The molecule has 1 amide bonds. The van der Waals surface area contributed by atoms with Gasteiger partial charge in [0.15, 0.2) is 0 Å². The molecular formula is C16H17NOS. The molecule has 0 radical (unpaired) electrons. The maximum absolute atomic E-state index is 12.1. The molecule has 0 heterocycles. The summed E-state index contributed by atoms with van der Waals surface area (Å²) in [6.45, 7) is 3.97. The van der Waals surface area contributed by atoms with Gasteiger partial charge in [-0.25, -0.2) is 0 Å². The van der Waals surface area contributed by atoms with Crippen LogP contribution < -0.4 is 5.32 Å². The summed E-state index contributed by atoms with van der Waals surface area (Å²) in [5.41, 5.74) is 2.06. The number of hydrogen-bond acceptors (Lipinski definition) is 2. The fourth-order valence-corrected chi connectivity index (χ4v) is 2.51. The highest BCUT2D eigenvalue weighted by Gasteiger charge is 2.14. The van der Waals surface area contributed by atoms with Gasteiger partial charge in [-0.05, 0) is 38.1 Å². The molecule has 1 atom stereocenters. The molecule has 2 rings (SSSR count). The Morgan fingerprint density at radius 3 is 2.32 bits per heavy atom. The standard InChI is InChI=1S/C16H17NOS/c1-12-8-10-15(11-9-12)19-13(2)16(18)17-14-6-4-3-5-7-14/h3-11,13H,1-2H3,(H,17,18)/t13-/m1/s1. The molecule has 0 aliphatic heterocycles. The highest BCUT2D eigenvalue weighted by atomic mass is 32.2. The Morgan fingerprint density at radius 1 is 1.05 bits per heavy atom. The first kappa shape index (κ1) is 13.7. The molecule has 98 valence electrons. The van der Waals surface area contributed by atoms with Crippen molar-refractivity contribution in [1.29, 1.82) is 0 Å². The second-order valence-electron chi connectivity index (χ2n) is 4.43. The quantitative estimate of drug-likeness (QED) is 0.848. The number of para-hydroxylation sites is 1. The number of rotatable bonds is 4. The van der Waals surface area contributed by atoms with E-state index in [-0.39, 0.29) is 11.2 Å². The zero-order valence-corrected chi connectivity index (χ0v) is 11.9. The molecule has 19 heavy (non-hydrogen) atoms. The molecular weight excluding hydrogens is 254 g/mol. The average Bonchev–Trinajstić information content (AvgIpc) is 2.42. The highest BCUT2D eigenvalue weighted by Crippen LogP contribution is 2.24. The van der Waals surface area contributed by atoms with Crippen molar-refractivity contribution >= 4 is 23.4 Å². The minimum absolute atomic E-state index is 0.0248. The van der Waals surface area contributed by atoms with Gasteiger partial charge in [0.05, 0.1) is 5.25 Å². The van der Waals surface area contributed by atoms with Crippen molar-refractivity contribution < 1.29 is 4.79 Å². The molecule has 0 aliphatic carbocycles. The smallest absolute Gasteiger partial charge is 0.237 e. The molecule has 0 saturated carbocycles. The Bertz CT molecular complexity index is 536. The first-order chi connectivity index (χ1) is 9.15. The van der Waals surface area contributed by atoms with E-state index >= 15 is 0 Å². The summed E-state index contributed by atoms with van der Waals surface area (Å²) in [5.74, 6) is 0.0248. The van der Waals surface area contributed by atoms with E-state index in [9.17, 15) is 4.79 Å². The van der Waals surface area contributed by atoms with Gasteiger partial charge in [0.1, 0.15) is 0 Å². The third-order valence-electron chi connectivity index (χ3n) is 2.74. The lowest BCUT2D eigenvalue weighted by molar-refractivity contribution is -0.115. The van der Waals surface area contributed by atoms with Crippen molar-refractivity contribution in [2.75, 3.05) is 5.32 Å². The van der Waals surface area contributed by atoms with Crippen molar-refractivity contribution in [3.63, 3.8) is 0 Å². The zero-order valence-electron chi connectivity index (χ0n) is 11.1. The van der Waals surface area contributed by atoms with Crippen molar-refractivity contribution in [3.05, 3.63) is 60.2 Å². The molecule has 0 fully saturated rings. The number of carbonyl (C=O) groups is 1. The molecule has 3 heteroatoms. The van der Waals surface area contributed by atoms with Crippen LogP contribution in [0.2, 0.25) is 0 Å². The summed E-state index contributed by atoms with van der Waals surface area (Å²) >= 11 is 1.57. The fraction of sp³-hybridized carbons (Fsp3) is 0.188. The maximum atomic E-state index is 12.1. The Kier molecular flexibility index (Phi) is 4.63. The second kappa shape index (κ2) is 6.43. The van der Waals surface area contributed by atoms with Gasteiger partial charge in [-0.15, -0.1) is 11.8 Å². The third-order valence-corrected chi connectivity index (χ3v) is 3.86. The van der Waals surface area contributed by atoms with Gasteiger partial charge in [-0.1, -0.05) is 35.9 Å². The first-order valence-electron chi connectivity index (χ1n) is 6.24. The van der Waals surface area contributed by atoms with Crippen molar-refractivity contribution in [2.24, 2.45) is 0 Å². The number of nitrogens with one attached hydrogen (secondary N) is 1. The number of anilines is 1. The van der Waals surface area contributed by atoms with E-state index < -0.39 is 0 Å². The van der Waals surface area contributed by atoms with E-state index in [1.54, 1.807) is 11.8 Å². The molecule has 0 saturated heterocycles. The predicted octanol–water partition coefficient (Wildman–Crippen LogP) is 4.11. The van der Waals surface area contributed by atoms with E-state index in [1.807, 2.05) is 49.4 Å². The normalized spacial score (nSPS) is 11.9. The summed E-state index contributed by atoms with van der Waals surface area (Å²) in [6, 6.07) is 17.7. The van der Waals surface area contributed by atoms with E-state index in [0.717, 1.165) is 10.6 Å². The van der Waals surface area contributed by atoms with Crippen LogP contribution in [0.4, 0.5) is 5.69 Å². The number of carbonyl (C=O) groups excluding carboxylic acids is 1. The molecule has 1 N–H and O–H groups in total. The Hall–Kier alpha value is -1.74. The van der Waals surface area contributed by atoms with Crippen LogP contribution in [-0.4, -0.2) is 11.2 Å². The number of benzene rings is 2. The van der Waals surface area contributed by atoms with Gasteiger partial charge in [-0.2, -0.15) is 0 Å². The van der Waals surface area contributed by atoms with Crippen LogP contribution in [0.25, 0.3) is 0 Å². The van der Waals surface area contributed by atoms with E-state index in [1.165, 1.54) is 5.56 Å². The summed E-state index contributed by atoms with van der Waals surface area (Å²) in [7, 11) is 0. The van der Waals surface area contributed by atoms with Crippen molar-refractivity contribution in [3.8, 4) is 0 Å². The van der Waals surface area contributed by atoms with Crippen LogP contribution in [0.5, 0.6) is 0 Å². The van der Waals surface area contributed by atoms with Crippen LogP contribution in [0, 0.1) is 6.92 Å². The number of amides is 1. The molecule has 0 bridgehead atoms. The molecule has 0 aliphatic rings. The van der Waals surface area contributed by atoms with Crippen LogP contribution in [-0.2, 0) is 4.79 Å². The van der Waals surface area contributed by atoms with Crippen LogP contribution in [0.1, 0.15) is 12.5 Å². The zero-order chi connectivity index (χ0) is 13.7. The Balaban J connectivity index is 1.94. The largest absolute Gasteiger partial charge is 0.325 e. The van der Waals surface area contributed by atoms with E-state index in [4.69, 9.17) is 0 Å². The molecule has 0 aromatic heterocycles. The molecule has 0 unspecified atom stereocenters. The lowest BCUT2D eigenvalue weighted by Gasteiger charge is -2.12. The van der Waals surface area contributed by atoms with Crippen LogP contribution in [0.3, 0.4) is 0 Å². The monoisotopic (exact) mass is 271 g/mol. The van der Waals surface area contributed by atoms with Gasteiger partial charge in [0.25, 0.3) is 0 Å². The highest BCUT2D eigenvalue weighted by molar-refractivity contribution is 8.00. The molecule has 0 spiro atoms. The van der Waals surface area contributed by atoms with Gasteiger partial charge in [0.2, 0.25) is 5.91 Å². The van der Waals surface area contributed by atoms with Crippen LogP contribution in [0.15, 0.2) is 59.5 Å². The lowest BCUT2D eigenvalue weighted by atomic mass is 10.2. The topological polar surface area (TPSA) is 29.1 Å². The molecule has 2 aromatic carbocycles.